The third-order valence-electron chi connectivity index (χ3n) is 1.33. The van der Waals surface area contributed by atoms with E-state index in [1.54, 1.807) is 11.8 Å². The van der Waals surface area contributed by atoms with Crippen LogP contribution in [0.3, 0.4) is 0 Å². The Labute approximate surface area is 90.7 Å². The van der Waals surface area contributed by atoms with Crippen LogP contribution in [0.1, 0.15) is 19.8 Å². The van der Waals surface area contributed by atoms with Crippen LogP contribution in [-0.2, 0) is 0 Å². The summed E-state index contributed by atoms with van der Waals surface area (Å²) >= 11 is 3.94. The van der Waals surface area contributed by atoms with Crippen LogP contribution in [0.25, 0.3) is 0 Å². The van der Waals surface area contributed by atoms with Gasteiger partial charge in [-0.25, -0.2) is 9.97 Å². The van der Waals surface area contributed by atoms with Crippen LogP contribution in [0.2, 0.25) is 0 Å². The van der Waals surface area contributed by atoms with Gasteiger partial charge in [-0.1, -0.05) is 25.1 Å². The summed E-state index contributed by atoms with van der Waals surface area (Å²) in [5, 5.41) is 0.892. The van der Waals surface area contributed by atoms with Gasteiger partial charge in [0.2, 0.25) is 0 Å². The summed E-state index contributed by atoms with van der Waals surface area (Å²) in [6, 6.07) is 0. The fraction of sp³-hybridized carbons (Fsp3) is 0.500. The molecule has 0 bridgehead atoms. The van der Waals surface area contributed by atoms with Crippen LogP contribution in [-0.4, -0.2) is 15.7 Å². The van der Waals surface area contributed by atoms with Crippen molar-refractivity contribution in [1.29, 1.82) is 0 Å². The number of aromatic nitrogens is 2. The molecule has 2 nitrogen and oxygen atoms in total. The molecule has 0 aromatic carbocycles. The highest BCUT2D eigenvalue weighted by Crippen LogP contribution is 2.14. The number of unbranched alkanes of at least 4 members (excludes halogenated alkanes) is 1. The first kappa shape index (κ1) is 10.2. The highest BCUT2D eigenvalue weighted by molar-refractivity contribution is 14.1. The Kier molecular flexibility index (Phi) is 4.90. The summed E-state index contributed by atoms with van der Waals surface area (Å²) in [5.41, 5.74) is 0. The Balaban J connectivity index is 2.37. The third-order valence-corrected chi connectivity index (χ3v) is 2.84. The number of nitrogens with zero attached hydrogens (tertiary/aromatic N) is 2. The molecule has 0 aliphatic carbocycles. The van der Waals surface area contributed by atoms with Crippen LogP contribution < -0.4 is 0 Å². The number of rotatable bonds is 4. The molecule has 1 aromatic rings. The van der Waals surface area contributed by atoms with E-state index in [9.17, 15) is 0 Å². The molecule has 1 aromatic heterocycles. The molecule has 4 heteroatoms. The maximum Gasteiger partial charge on any atom is 0.187 e. The molecule has 0 radical (unpaired) electrons. The topological polar surface area (TPSA) is 25.8 Å². The van der Waals surface area contributed by atoms with Crippen molar-refractivity contribution >= 4 is 34.4 Å². The van der Waals surface area contributed by atoms with E-state index in [0.29, 0.717) is 0 Å². The minimum absolute atomic E-state index is 0.892. The van der Waals surface area contributed by atoms with Crippen molar-refractivity contribution in [3.05, 3.63) is 16.0 Å². The van der Waals surface area contributed by atoms with Gasteiger partial charge in [-0.3, -0.25) is 0 Å². The average Bonchev–Trinajstić information content (AvgIpc) is 2.09. The molecule has 0 saturated heterocycles. The predicted molar refractivity (Wildman–Crippen MR) is 60.4 cm³/mol. The largest absolute Gasteiger partial charge is 0.230 e. The molecule has 66 valence electrons. The molecule has 0 atom stereocenters. The SMILES string of the molecule is CCCCSc1ncc(I)cn1. The van der Waals surface area contributed by atoms with Gasteiger partial charge in [0, 0.05) is 21.7 Å². The minimum Gasteiger partial charge on any atom is -0.230 e. The van der Waals surface area contributed by atoms with Gasteiger partial charge in [-0.15, -0.1) is 0 Å². The van der Waals surface area contributed by atoms with Crippen molar-refractivity contribution in [3.63, 3.8) is 0 Å². The highest BCUT2D eigenvalue weighted by Gasteiger charge is 1.95. The normalized spacial score (nSPS) is 10.2. The molecule has 0 aliphatic heterocycles. The summed E-state index contributed by atoms with van der Waals surface area (Å²) in [6.07, 6.45) is 6.17. The number of halogens is 1. The lowest BCUT2D eigenvalue weighted by Crippen LogP contribution is -1.87. The molecule has 1 rings (SSSR count). The molecular formula is C8H11IN2S. The van der Waals surface area contributed by atoms with Crippen LogP contribution in [0.15, 0.2) is 17.6 Å². The lowest BCUT2D eigenvalue weighted by Gasteiger charge is -1.97. The molecule has 1 heterocycles. The van der Waals surface area contributed by atoms with Crippen molar-refractivity contribution in [2.24, 2.45) is 0 Å². The van der Waals surface area contributed by atoms with E-state index in [0.717, 1.165) is 14.5 Å². The fourth-order valence-corrected chi connectivity index (χ4v) is 1.83. The molecule has 0 amide bonds. The van der Waals surface area contributed by atoms with Crippen molar-refractivity contribution in [1.82, 2.24) is 9.97 Å². The standard InChI is InChI=1S/C8H11IN2S/c1-2-3-4-12-8-10-5-7(9)6-11-8/h5-6H,2-4H2,1H3. The maximum absolute atomic E-state index is 4.19. The summed E-state index contributed by atoms with van der Waals surface area (Å²) in [4.78, 5) is 8.39. The molecule has 0 N–H and O–H groups in total. The van der Waals surface area contributed by atoms with Crippen molar-refractivity contribution in [2.75, 3.05) is 5.75 Å². The second kappa shape index (κ2) is 5.75. The van der Waals surface area contributed by atoms with E-state index in [1.165, 1.54) is 12.8 Å². The van der Waals surface area contributed by atoms with Crippen LogP contribution in [0.5, 0.6) is 0 Å². The van der Waals surface area contributed by atoms with Gasteiger partial charge in [0.15, 0.2) is 5.16 Å². The molecule has 0 spiro atoms. The van der Waals surface area contributed by atoms with Gasteiger partial charge < -0.3 is 0 Å². The first-order chi connectivity index (χ1) is 5.83. The molecule has 0 unspecified atom stereocenters. The Morgan fingerprint density at radius 3 is 2.67 bits per heavy atom. The molecule has 12 heavy (non-hydrogen) atoms. The van der Waals surface area contributed by atoms with E-state index in [-0.39, 0.29) is 0 Å². The Hall–Kier alpha value is 0.160. The predicted octanol–water partition coefficient (Wildman–Crippen LogP) is 2.97. The van der Waals surface area contributed by atoms with Crippen LogP contribution in [0, 0.1) is 3.57 Å². The van der Waals surface area contributed by atoms with Gasteiger partial charge in [-0.2, -0.15) is 0 Å². The van der Waals surface area contributed by atoms with Gasteiger partial charge >= 0.3 is 0 Å². The van der Waals surface area contributed by atoms with Gasteiger partial charge in [-0.05, 0) is 29.0 Å². The number of hydrogen-bond donors (Lipinski definition) is 0. The van der Waals surface area contributed by atoms with Crippen molar-refractivity contribution in [2.45, 2.75) is 24.9 Å². The van der Waals surface area contributed by atoms with E-state index in [1.807, 2.05) is 12.4 Å². The first-order valence-electron chi connectivity index (χ1n) is 3.93. The number of thioether (sulfide) groups is 1. The molecular weight excluding hydrogens is 283 g/mol. The Morgan fingerprint density at radius 2 is 2.08 bits per heavy atom. The lowest BCUT2D eigenvalue weighted by atomic mass is 10.4. The van der Waals surface area contributed by atoms with Crippen LogP contribution >= 0.6 is 34.4 Å². The smallest absolute Gasteiger partial charge is 0.187 e. The maximum atomic E-state index is 4.19. The zero-order valence-corrected chi connectivity index (χ0v) is 9.93. The van der Waals surface area contributed by atoms with E-state index in [4.69, 9.17) is 0 Å². The van der Waals surface area contributed by atoms with Crippen LogP contribution in [0.4, 0.5) is 0 Å². The van der Waals surface area contributed by atoms with Gasteiger partial charge in [0.1, 0.15) is 0 Å². The number of hydrogen-bond acceptors (Lipinski definition) is 3. The van der Waals surface area contributed by atoms with E-state index < -0.39 is 0 Å². The molecule has 0 fully saturated rings. The van der Waals surface area contributed by atoms with Crippen molar-refractivity contribution < 1.29 is 0 Å². The highest BCUT2D eigenvalue weighted by atomic mass is 127. The molecule has 0 aliphatic rings. The fourth-order valence-electron chi connectivity index (χ4n) is 0.683. The Bertz CT molecular complexity index is 225. The summed E-state index contributed by atoms with van der Waals surface area (Å²) in [5.74, 6) is 1.12. The second-order valence-corrected chi connectivity index (χ2v) is 4.69. The van der Waals surface area contributed by atoms with Gasteiger partial charge in [0.05, 0.1) is 0 Å². The zero-order valence-electron chi connectivity index (χ0n) is 6.96. The Morgan fingerprint density at radius 1 is 1.42 bits per heavy atom. The van der Waals surface area contributed by atoms with E-state index in [2.05, 4.69) is 39.5 Å². The molecule has 0 saturated carbocycles. The van der Waals surface area contributed by atoms with E-state index >= 15 is 0 Å². The zero-order chi connectivity index (χ0) is 8.81. The van der Waals surface area contributed by atoms with Gasteiger partial charge in [0.25, 0.3) is 0 Å². The average molecular weight is 294 g/mol. The minimum atomic E-state index is 0.892. The monoisotopic (exact) mass is 294 g/mol. The second-order valence-electron chi connectivity index (χ2n) is 2.39. The summed E-state index contributed by atoms with van der Waals surface area (Å²) < 4.78 is 1.09. The first-order valence-corrected chi connectivity index (χ1v) is 5.99. The third kappa shape index (κ3) is 3.71. The van der Waals surface area contributed by atoms with Crippen molar-refractivity contribution in [3.8, 4) is 0 Å². The quantitative estimate of drug-likeness (QED) is 0.369. The summed E-state index contributed by atoms with van der Waals surface area (Å²) in [7, 11) is 0. The summed E-state index contributed by atoms with van der Waals surface area (Å²) in [6.45, 7) is 2.19. The lowest BCUT2D eigenvalue weighted by molar-refractivity contribution is 0.887.